The summed E-state index contributed by atoms with van der Waals surface area (Å²) in [5.74, 6) is -2.11. The third kappa shape index (κ3) is 2.11. The molecule has 2 amide bonds. The Labute approximate surface area is 103 Å². The Morgan fingerprint density at radius 3 is 2.44 bits per heavy atom. The number of aryl methyl sites for hydroxylation is 1. The van der Waals surface area contributed by atoms with Crippen LogP contribution in [0.4, 0.5) is 0 Å². The molecule has 0 spiro atoms. The zero-order valence-electron chi connectivity index (χ0n) is 9.87. The van der Waals surface area contributed by atoms with Crippen LogP contribution in [0.15, 0.2) is 12.4 Å². The first-order chi connectivity index (χ1) is 8.50. The normalized spacial score (nSPS) is 17.9. The maximum Gasteiger partial charge on any atom is 0.331 e. The number of piperidine rings is 1. The van der Waals surface area contributed by atoms with Crippen LogP contribution in [0.2, 0.25) is 0 Å². The van der Waals surface area contributed by atoms with Gasteiger partial charge in [0.15, 0.2) is 6.04 Å². The summed E-state index contributed by atoms with van der Waals surface area (Å²) in [6, 6.07) is -1.28. The fourth-order valence-electron chi connectivity index (χ4n) is 2.04. The van der Waals surface area contributed by atoms with E-state index in [0.717, 1.165) is 4.90 Å². The number of rotatable bonds is 3. The molecule has 1 unspecified atom stereocenters. The average Bonchev–Trinajstić information content (AvgIpc) is 2.69. The van der Waals surface area contributed by atoms with Crippen LogP contribution < -0.4 is 0 Å². The molecule has 1 aromatic rings. The lowest BCUT2D eigenvalue weighted by molar-refractivity contribution is -0.160. The van der Waals surface area contributed by atoms with Crippen LogP contribution >= 0.6 is 0 Å². The Morgan fingerprint density at radius 2 is 2.00 bits per heavy atom. The Bertz CT molecular complexity index is 492. The summed E-state index contributed by atoms with van der Waals surface area (Å²) in [5, 5.41) is 13.1. The molecule has 1 atom stereocenters. The van der Waals surface area contributed by atoms with Gasteiger partial charge in [0, 0.05) is 31.6 Å². The van der Waals surface area contributed by atoms with Crippen LogP contribution in [-0.2, 0) is 21.4 Å². The first kappa shape index (κ1) is 12.3. The van der Waals surface area contributed by atoms with E-state index in [4.69, 9.17) is 0 Å². The quantitative estimate of drug-likeness (QED) is 0.768. The lowest BCUT2D eigenvalue weighted by Crippen LogP contribution is -2.45. The Hall–Kier alpha value is -2.18. The molecule has 0 radical (unpaired) electrons. The van der Waals surface area contributed by atoms with Gasteiger partial charge in [0.1, 0.15) is 0 Å². The van der Waals surface area contributed by atoms with Gasteiger partial charge in [-0.05, 0) is 6.42 Å². The van der Waals surface area contributed by atoms with Crippen LogP contribution in [0.5, 0.6) is 0 Å². The summed E-state index contributed by atoms with van der Waals surface area (Å²) < 4.78 is 1.43. The minimum atomic E-state index is -1.28. The third-order valence-electron chi connectivity index (χ3n) is 2.85. The molecule has 1 aliphatic rings. The summed E-state index contributed by atoms with van der Waals surface area (Å²) in [6.07, 6.45) is 3.74. The zero-order chi connectivity index (χ0) is 13.3. The number of nitrogens with zero attached hydrogens (tertiary/aromatic N) is 3. The second kappa shape index (κ2) is 4.59. The minimum absolute atomic E-state index is 0.204. The molecule has 18 heavy (non-hydrogen) atoms. The van der Waals surface area contributed by atoms with E-state index in [9.17, 15) is 19.5 Å². The minimum Gasteiger partial charge on any atom is -0.479 e. The van der Waals surface area contributed by atoms with Crippen molar-refractivity contribution >= 4 is 17.8 Å². The number of carbonyl (C=O) groups is 3. The van der Waals surface area contributed by atoms with Gasteiger partial charge >= 0.3 is 5.97 Å². The van der Waals surface area contributed by atoms with Crippen molar-refractivity contribution in [2.75, 3.05) is 0 Å². The van der Waals surface area contributed by atoms with Crippen molar-refractivity contribution in [1.82, 2.24) is 14.7 Å². The van der Waals surface area contributed by atoms with Crippen LogP contribution in [0, 0.1) is 0 Å². The molecule has 2 rings (SSSR count). The Balaban J connectivity index is 2.38. The standard InChI is InChI=1S/C11H13N3O4/c1-13-6-7(5-12-13)10(11(17)18)14-8(15)3-2-4-9(14)16/h5-6,10H,2-4H2,1H3,(H,17,18). The number of hydrogen-bond acceptors (Lipinski definition) is 4. The third-order valence-corrected chi connectivity index (χ3v) is 2.85. The lowest BCUT2D eigenvalue weighted by atomic mass is 10.0. The maximum absolute atomic E-state index is 11.7. The topological polar surface area (TPSA) is 92.5 Å². The number of amides is 2. The van der Waals surface area contributed by atoms with E-state index >= 15 is 0 Å². The van der Waals surface area contributed by atoms with Gasteiger partial charge in [-0.15, -0.1) is 0 Å². The van der Waals surface area contributed by atoms with E-state index in [0.29, 0.717) is 12.0 Å². The molecule has 1 aromatic heterocycles. The highest BCUT2D eigenvalue weighted by Gasteiger charge is 2.38. The van der Waals surface area contributed by atoms with Crippen LogP contribution in [0.25, 0.3) is 0 Å². The molecule has 7 nitrogen and oxygen atoms in total. The summed E-state index contributed by atoms with van der Waals surface area (Å²) >= 11 is 0. The number of carbonyl (C=O) groups excluding carboxylic acids is 2. The number of likely N-dealkylation sites (tertiary alicyclic amines) is 1. The van der Waals surface area contributed by atoms with E-state index in [1.165, 1.54) is 17.1 Å². The predicted molar refractivity (Wildman–Crippen MR) is 59.3 cm³/mol. The van der Waals surface area contributed by atoms with Crippen LogP contribution in [0.1, 0.15) is 30.9 Å². The molecule has 0 aliphatic carbocycles. The first-order valence-corrected chi connectivity index (χ1v) is 5.57. The number of aromatic nitrogens is 2. The smallest absolute Gasteiger partial charge is 0.331 e. The maximum atomic E-state index is 11.7. The second-order valence-electron chi connectivity index (χ2n) is 4.20. The molecule has 1 saturated heterocycles. The number of imide groups is 1. The average molecular weight is 251 g/mol. The van der Waals surface area contributed by atoms with Crippen molar-refractivity contribution < 1.29 is 19.5 Å². The SMILES string of the molecule is Cn1cc(C(C(=O)O)N2C(=O)CCCC2=O)cn1. The van der Waals surface area contributed by atoms with E-state index < -0.39 is 23.8 Å². The van der Waals surface area contributed by atoms with Gasteiger partial charge in [0.25, 0.3) is 0 Å². The molecule has 0 aromatic carbocycles. The molecule has 1 N–H and O–H groups in total. The van der Waals surface area contributed by atoms with E-state index in [1.54, 1.807) is 7.05 Å². The lowest BCUT2D eigenvalue weighted by Gasteiger charge is -2.29. The summed E-state index contributed by atoms with van der Waals surface area (Å²) in [6.45, 7) is 0. The molecule has 1 fully saturated rings. The fraction of sp³-hybridized carbons (Fsp3) is 0.455. The van der Waals surface area contributed by atoms with Gasteiger partial charge < -0.3 is 5.11 Å². The van der Waals surface area contributed by atoms with Crippen molar-refractivity contribution in [1.29, 1.82) is 0 Å². The van der Waals surface area contributed by atoms with Crippen molar-refractivity contribution in [2.45, 2.75) is 25.3 Å². The Morgan fingerprint density at radius 1 is 1.39 bits per heavy atom. The van der Waals surface area contributed by atoms with E-state index in [2.05, 4.69) is 5.10 Å². The molecule has 1 aliphatic heterocycles. The van der Waals surface area contributed by atoms with Gasteiger partial charge in [-0.2, -0.15) is 5.10 Å². The second-order valence-corrected chi connectivity index (χ2v) is 4.20. The van der Waals surface area contributed by atoms with Gasteiger partial charge in [-0.3, -0.25) is 19.2 Å². The number of carboxylic acid groups (broad SMARTS) is 1. The van der Waals surface area contributed by atoms with Crippen LogP contribution in [-0.4, -0.2) is 37.6 Å². The van der Waals surface area contributed by atoms with Gasteiger partial charge in [0.05, 0.1) is 6.20 Å². The van der Waals surface area contributed by atoms with Gasteiger partial charge in [-0.1, -0.05) is 0 Å². The predicted octanol–water partition coefficient (Wildman–Crippen LogP) is 0.0849. The van der Waals surface area contributed by atoms with Gasteiger partial charge in [0.2, 0.25) is 11.8 Å². The van der Waals surface area contributed by atoms with Crippen molar-refractivity contribution in [2.24, 2.45) is 7.05 Å². The molecule has 0 saturated carbocycles. The fourth-order valence-corrected chi connectivity index (χ4v) is 2.04. The monoisotopic (exact) mass is 251 g/mol. The summed E-state index contributed by atoms with van der Waals surface area (Å²) in [5.41, 5.74) is 0.327. The number of aliphatic carboxylic acids is 1. The van der Waals surface area contributed by atoms with E-state index in [1.807, 2.05) is 0 Å². The largest absolute Gasteiger partial charge is 0.479 e. The number of carboxylic acids is 1. The molecule has 96 valence electrons. The molecule has 7 heteroatoms. The van der Waals surface area contributed by atoms with Crippen molar-refractivity contribution in [3.05, 3.63) is 18.0 Å². The molecular formula is C11H13N3O4. The zero-order valence-corrected chi connectivity index (χ0v) is 9.87. The summed E-state index contributed by atoms with van der Waals surface area (Å²) in [4.78, 5) is 35.6. The first-order valence-electron chi connectivity index (χ1n) is 5.57. The Kier molecular flexibility index (Phi) is 3.14. The highest BCUT2D eigenvalue weighted by Crippen LogP contribution is 2.26. The molecular weight excluding hydrogens is 238 g/mol. The molecule has 2 heterocycles. The van der Waals surface area contributed by atoms with Crippen LogP contribution in [0.3, 0.4) is 0 Å². The van der Waals surface area contributed by atoms with E-state index in [-0.39, 0.29) is 12.8 Å². The summed E-state index contributed by atoms with van der Waals surface area (Å²) in [7, 11) is 1.64. The number of hydrogen-bond donors (Lipinski definition) is 1. The van der Waals surface area contributed by atoms with Crippen molar-refractivity contribution in [3.8, 4) is 0 Å². The molecule has 0 bridgehead atoms. The van der Waals surface area contributed by atoms with Gasteiger partial charge in [-0.25, -0.2) is 4.79 Å². The van der Waals surface area contributed by atoms with Crippen molar-refractivity contribution in [3.63, 3.8) is 0 Å². The highest BCUT2D eigenvalue weighted by atomic mass is 16.4. The highest BCUT2D eigenvalue weighted by molar-refractivity contribution is 6.01.